The smallest absolute Gasteiger partial charge is 0.270 e. The van der Waals surface area contributed by atoms with Gasteiger partial charge in [0.25, 0.3) is 5.91 Å². The van der Waals surface area contributed by atoms with Gasteiger partial charge >= 0.3 is 0 Å². The number of nitrogens with zero attached hydrogens (tertiary/aromatic N) is 3. The number of aryl methyl sites for hydroxylation is 2. The van der Waals surface area contributed by atoms with Crippen LogP contribution in [0.5, 0.6) is 0 Å². The van der Waals surface area contributed by atoms with Crippen LogP contribution in [-0.2, 0) is 13.1 Å². The molecule has 1 heterocycles. The lowest BCUT2D eigenvalue weighted by molar-refractivity contribution is 0.0945. The number of aromatic nitrogens is 2. The van der Waals surface area contributed by atoms with Crippen LogP contribution in [0, 0.1) is 13.8 Å². The van der Waals surface area contributed by atoms with E-state index >= 15 is 0 Å². The molecule has 0 fully saturated rings. The van der Waals surface area contributed by atoms with Crippen molar-refractivity contribution in [1.29, 1.82) is 0 Å². The number of amides is 1. The molecule has 29 heavy (non-hydrogen) atoms. The van der Waals surface area contributed by atoms with Crippen LogP contribution >= 0.6 is 0 Å². The Labute approximate surface area is 172 Å². The number of hydrogen-bond acceptors (Lipinski definition) is 4. The normalized spacial score (nSPS) is 10.8. The van der Waals surface area contributed by atoms with Gasteiger partial charge in [-0.3, -0.25) is 4.79 Å². The maximum absolute atomic E-state index is 12.8. The van der Waals surface area contributed by atoms with Crippen LogP contribution in [-0.4, -0.2) is 21.9 Å². The maximum Gasteiger partial charge on any atom is 0.270 e. The summed E-state index contributed by atoms with van der Waals surface area (Å²) in [6.07, 6.45) is 0. The second-order valence-corrected chi connectivity index (χ2v) is 7.51. The van der Waals surface area contributed by atoms with E-state index in [0.29, 0.717) is 24.7 Å². The first kappa shape index (κ1) is 20.5. The van der Waals surface area contributed by atoms with Crippen molar-refractivity contribution >= 4 is 11.9 Å². The highest BCUT2D eigenvalue weighted by molar-refractivity contribution is 5.92. The van der Waals surface area contributed by atoms with E-state index in [0.717, 1.165) is 16.8 Å². The predicted molar refractivity (Wildman–Crippen MR) is 117 cm³/mol. The third-order valence-electron chi connectivity index (χ3n) is 4.85. The number of benzene rings is 2. The molecule has 0 bridgehead atoms. The van der Waals surface area contributed by atoms with E-state index in [9.17, 15) is 4.79 Å². The minimum atomic E-state index is -0.191. The summed E-state index contributed by atoms with van der Waals surface area (Å²) in [5.74, 6) is 0.383. The molecule has 0 aliphatic carbocycles. The number of rotatable bonds is 7. The second-order valence-electron chi connectivity index (χ2n) is 7.51. The van der Waals surface area contributed by atoms with Crippen molar-refractivity contribution < 1.29 is 4.79 Å². The summed E-state index contributed by atoms with van der Waals surface area (Å²) < 4.78 is 0. The Morgan fingerprint density at radius 1 is 1.00 bits per heavy atom. The first-order chi connectivity index (χ1) is 13.9. The monoisotopic (exact) mass is 388 g/mol. The van der Waals surface area contributed by atoms with Crippen molar-refractivity contribution in [2.75, 3.05) is 4.90 Å². The molecular formula is C24H28N4O. The van der Waals surface area contributed by atoms with Gasteiger partial charge in [-0.2, -0.15) is 0 Å². The quantitative estimate of drug-likeness (QED) is 0.650. The van der Waals surface area contributed by atoms with Crippen LogP contribution in [0.15, 0.2) is 60.7 Å². The van der Waals surface area contributed by atoms with Crippen LogP contribution in [0.25, 0.3) is 0 Å². The molecule has 1 aromatic heterocycles. The van der Waals surface area contributed by atoms with Crippen molar-refractivity contribution in [2.24, 2.45) is 0 Å². The van der Waals surface area contributed by atoms with Crippen molar-refractivity contribution in [1.82, 2.24) is 15.3 Å². The summed E-state index contributed by atoms with van der Waals surface area (Å²) in [5, 5.41) is 2.98. The Hall–Kier alpha value is -3.21. The van der Waals surface area contributed by atoms with Gasteiger partial charge in [-0.15, -0.1) is 0 Å². The van der Waals surface area contributed by atoms with Gasteiger partial charge in [0.2, 0.25) is 5.95 Å². The highest BCUT2D eigenvalue weighted by atomic mass is 16.1. The van der Waals surface area contributed by atoms with Crippen molar-refractivity contribution in [3.8, 4) is 0 Å². The van der Waals surface area contributed by atoms with Gasteiger partial charge < -0.3 is 10.2 Å². The predicted octanol–water partition coefficient (Wildman–Crippen LogP) is 4.44. The van der Waals surface area contributed by atoms with E-state index in [1.165, 1.54) is 5.56 Å². The fourth-order valence-corrected chi connectivity index (χ4v) is 3.14. The molecule has 3 aromatic rings. The summed E-state index contributed by atoms with van der Waals surface area (Å²) >= 11 is 0. The van der Waals surface area contributed by atoms with Crippen molar-refractivity contribution in [3.05, 3.63) is 88.7 Å². The number of hydrogen-bond donors (Lipinski definition) is 1. The zero-order valence-electron chi connectivity index (χ0n) is 17.5. The van der Waals surface area contributed by atoms with E-state index in [-0.39, 0.29) is 11.9 Å². The molecule has 0 aliphatic heterocycles. The molecule has 0 aliphatic rings. The SMILES string of the molecule is Cc1cc(C(=O)NCc2ccccc2C)nc(N(Cc2ccccc2)C(C)C)n1. The van der Waals surface area contributed by atoms with E-state index < -0.39 is 0 Å². The van der Waals surface area contributed by atoms with Crippen LogP contribution in [0.4, 0.5) is 5.95 Å². The highest BCUT2D eigenvalue weighted by Crippen LogP contribution is 2.17. The Morgan fingerprint density at radius 2 is 1.69 bits per heavy atom. The molecular weight excluding hydrogens is 360 g/mol. The lowest BCUT2D eigenvalue weighted by Gasteiger charge is -2.27. The minimum Gasteiger partial charge on any atom is -0.347 e. The standard InChI is InChI=1S/C24H28N4O/c1-17(2)28(16-20-11-6-5-7-12-20)24-26-19(4)14-22(27-24)23(29)25-15-21-13-9-8-10-18(21)3/h5-14,17H,15-16H2,1-4H3,(H,25,29). The Kier molecular flexibility index (Phi) is 6.60. The molecule has 0 saturated heterocycles. The molecule has 1 amide bonds. The van der Waals surface area contributed by atoms with E-state index in [1.54, 1.807) is 6.07 Å². The maximum atomic E-state index is 12.8. The van der Waals surface area contributed by atoms with Crippen LogP contribution in [0.3, 0.4) is 0 Å². The summed E-state index contributed by atoms with van der Waals surface area (Å²) in [7, 11) is 0. The molecule has 0 atom stereocenters. The summed E-state index contributed by atoms with van der Waals surface area (Å²) in [5.41, 5.74) is 4.59. The number of nitrogens with one attached hydrogen (secondary N) is 1. The topological polar surface area (TPSA) is 58.1 Å². The zero-order chi connectivity index (χ0) is 20.8. The van der Waals surface area contributed by atoms with E-state index in [2.05, 4.69) is 46.2 Å². The lowest BCUT2D eigenvalue weighted by atomic mass is 10.1. The van der Waals surface area contributed by atoms with Crippen LogP contribution < -0.4 is 10.2 Å². The molecule has 3 rings (SSSR count). The summed E-state index contributed by atoms with van der Waals surface area (Å²) in [6, 6.07) is 20.2. The number of anilines is 1. The Balaban J connectivity index is 1.80. The van der Waals surface area contributed by atoms with Crippen LogP contribution in [0.2, 0.25) is 0 Å². The molecule has 0 unspecified atom stereocenters. The number of carbonyl (C=O) groups is 1. The van der Waals surface area contributed by atoms with Gasteiger partial charge in [0.15, 0.2) is 0 Å². The second kappa shape index (κ2) is 9.32. The minimum absolute atomic E-state index is 0.191. The molecule has 0 saturated carbocycles. The fourth-order valence-electron chi connectivity index (χ4n) is 3.14. The average Bonchev–Trinajstić information content (AvgIpc) is 2.71. The van der Waals surface area contributed by atoms with Gasteiger partial charge in [0, 0.05) is 24.8 Å². The van der Waals surface area contributed by atoms with Gasteiger partial charge in [-0.05, 0) is 50.5 Å². The average molecular weight is 389 g/mol. The zero-order valence-corrected chi connectivity index (χ0v) is 17.5. The third-order valence-corrected chi connectivity index (χ3v) is 4.85. The molecule has 150 valence electrons. The molecule has 1 N–H and O–H groups in total. The van der Waals surface area contributed by atoms with Gasteiger partial charge in [-0.1, -0.05) is 54.6 Å². The summed E-state index contributed by atoms with van der Waals surface area (Å²) in [6.45, 7) is 9.30. The van der Waals surface area contributed by atoms with E-state index in [4.69, 9.17) is 0 Å². The molecule has 5 nitrogen and oxygen atoms in total. The lowest BCUT2D eigenvalue weighted by Crippen LogP contribution is -2.33. The largest absolute Gasteiger partial charge is 0.347 e. The molecule has 5 heteroatoms. The fraction of sp³-hybridized carbons (Fsp3) is 0.292. The van der Waals surface area contributed by atoms with Gasteiger partial charge in [0.1, 0.15) is 5.69 Å². The van der Waals surface area contributed by atoms with Crippen molar-refractivity contribution in [2.45, 2.75) is 46.8 Å². The number of carbonyl (C=O) groups excluding carboxylic acids is 1. The molecule has 2 aromatic carbocycles. The first-order valence-electron chi connectivity index (χ1n) is 9.93. The highest BCUT2D eigenvalue weighted by Gasteiger charge is 2.18. The third kappa shape index (κ3) is 5.41. The molecule has 0 spiro atoms. The first-order valence-corrected chi connectivity index (χ1v) is 9.93. The summed E-state index contributed by atoms with van der Waals surface area (Å²) in [4.78, 5) is 24.1. The van der Waals surface area contributed by atoms with Gasteiger partial charge in [0.05, 0.1) is 0 Å². The van der Waals surface area contributed by atoms with Crippen LogP contribution in [0.1, 0.15) is 46.7 Å². The van der Waals surface area contributed by atoms with Crippen molar-refractivity contribution in [3.63, 3.8) is 0 Å². The van der Waals surface area contributed by atoms with E-state index in [1.807, 2.05) is 56.3 Å². The Morgan fingerprint density at radius 3 is 2.38 bits per heavy atom. The Bertz CT molecular complexity index is 970. The molecule has 0 radical (unpaired) electrons. The van der Waals surface area contributed by atoms with Gasteiger partial charge in [-0.25, -0.2) is 9.97 Å².